The summed E-state index contributed by atoms with van der Waals surface area (Å²) in [6.07, 6.45) is 1.13. The van der Waals surface area contributed by atoms with Crippen molar-refractivity contribution in [2.24, 2.45) is 0 Å². The first-order valence-electron chi connectivity index (χ1n) is 8.62. The zero-order valence-electron chi connectivity index (χ0n) is 15.0. The van der Waals surface area contributed by atoms with Gasteiger partial charge in [0, 0.05) is 6.42 Å². The van der Waals surface area contributed by atoms with Crippen LogP contribution in [0.3, 0.4) is 0 Å². The van der Waals surface area contributed by atoms with Gasteiger partial charge in [0.25, 0.3) is 0 Å². The Morgan fingerprint density at radius 2 is 1.35 bits per heavy atom. The average molecular weight is 346 g/mol. The number of carboxylic acids is 1. The minimum atomic E-state index is -1.11. The van der Waals surface area contributed by atoms with Crippen LogP contribution in [-0.2, 0) is 12.8 Å². The van der Waals surface area contributed by atoms with E-state index in [-0.39, 0.29) is 11.3 Å². The van der Waals surface area contributed by atoms with Crippen molar-refractivity contribution < 1.29 is 15.0 Å². The lowest BCUT2D eigenvalue weighted by molar-refractivity contribution is 0.0693. The van der Waals surface area contributed by atoms with E-state index < -0.39 is 5.97 Å². The van der Waals surface area contributed by atoms with Gasteiger partial charge in [0.15, 0.2) is 0 Å². The highest BCUT2D eigenvalue weighted by Crippen LogP contribution is 2.29. The molecule has 0 amide bonds. The summed E-state index contributed by atoms with van der Waals surface area (Å²) in [5.74, 6) is -1.26. The third kappa shape index (κ3) is 3.77. The number of aromatic hydroxyl groups is 1. The summed E-state index contributed by atoms with van der Waals surface area (Å²) >= 11 is 0. The van der Waals surface area contributed by atoms with Crippen molar-refractivity contribution in [3.63, 3.8) is 0 Å². The van der Waals surface area contributed by atoms with E-state index in [1.165, 1.54) is 0 Å². The van der Waals surface area contributed by atoms with Crippen LogP contribution in [0.2, 0.25) is 0 Å². The van der Waals surface area contributed by atoms with Gasteiger partial charge in [-0.05, 0) is 59.7 Å². The van der Waals surface area contributed by atoms with Crippen molar-refractivity contribution in [3.8, 4) is 5.75 Å². The maximum absolute atomic E-state index is 11.6. The van der Waals surface area contributed by atoms with Gasteiger partial charge in [-0.3, -0.25) is 0 Å². The molecule has 3 nitrogen and oxygen atoms in total. The third-order valence-corrected chi connectivity index (χ3v) is 4.78. The van der Waals surface area contributed by atoms with E-state index >= 15 is 0 Å². The minimum absolute atomic E-state index is 0.0420. The van der Waals surface area contributed by atoms with Crippen molar-refractivity contribution in [1.82, 2.24) is 0 Å². The molecule has 0 aromatic heterocycles. The minimum Gasteiger partial charge on any atom is -0.507 e. The maximum Gasteiger partial charge on any atom is 0.339 e. The van der Waals surface area contributed by atoms with Gasteiger partial charge in [-0.2, -0.15) is 0 Å². The molecule has 3 heteroatoms. The SMILES string of the molecule is Cc1ccccc1Cc1cc(Cc2ccccc2C)c(O)c(C(=O)O)c1. The molecule has 0 atom stereocenters. The van der Waals surface area contributed by atoms with Crippen molar-refractivity contribution in [1.29, 1.82) is 0 Å². The number of phenols is 1. The summed E-state index contributed by atoms with van der Waals surface area (Å²) in [5, 5.41) is 20.0. The Morgan fingerprint density at radius 3 is 1.88 bits per heavy atom. The highest BCUT2D eigenvalue weighted by Gasteiger charge is 2.17. The maximum atomic E-state index is 11.6. The molecule has 0 radical (unpaired) electrons. The van der Waals surface area contributed by atoms with Crippen LogP contribution in [0.1, 0.15) is 43.7 Å². The zero-order chi connectivity index (χ0) is 18.7. The number of hydrogen-bond acceptors (Lipinski definition) is 2. The summed E-state index contributed by atoms with van der Waals surface area (Å²) in [5.41, 5.74) is 6.00. The first-order valence-corrected chi connectivity index (χ1v) is 8.62. The number of aryl methyl sites for hydroxylation is 2. The van der Waals surface area contributed by atoms with Crippen molar-refractivity contribution in [2.45, 2.75) is 26.7 Å². The predicted octanol–water partition coefficient (Wildman–Crippen LogP) is 4.89. The quantitative estimate of drug-likeness (QED) is 0.691. The molecule has 0 heterocycles. The van der Waals surface area contributed by atoms with Crippen molar-refractivity contribution >= 4 is 5.97 Å². The molecule has 0 unspecified atom stereocenters. The van der Waals surface area contributed by atoms with Crippen molar-refractivity contribution in [2.75, 3.05) is 0 Å². The fourth-order valence-corrected chi connectivity index (χ4v) is 3.20. The molecule has 3 aromatic rings. The van der Waals surface area contributed by atoms with Gasteiger partial charge in [-0.1, -0.05) is 54.6 Å². The fourth-order valence-electron chi connectivity index (χ4n) is 3.20. The fraction of sp³-hybridized carbons (Fsp3) is 0.174. The molecule has 0 aliphatic rings. The van der Waals surface area contributed by atoms with Crippen molar-refractivity contribution in [3.05, 3.63) is 99.6 Å². The number of carboxylic acid groups (broad SMARTS) is 1. The topological polar surface area (TPSA) is 57.5 Å². The zero-order valence-corrected chi connectivity index (χ0v) is 15.0. The molecule has 3 rings (SSSR count). The lowest BCUT2D eigenvalue weighted by Gasteiger charge is -2.13. The number of hydrogen-bond donors (Lipinski definition) is 2. The summed E-state index contributed by atoms with van der Waals surface area (Å²) in [4.78, 5) is 11.6. The number of benzene rings is 3. The Bertz CT molecular complexity index is 957. The van der Waals surface area contributed by atoms with Crippen LogP contribution in [0.4, 0.5) is 0 Å². The monoisotopic (exact) mass is 346 g/mol. The van der Waals surface area contributed by atoms with Gasteiger partial charge in [0.2, 0.25) is 0 Å². The van der Waals surface area contributed by atoms with Crippen LogP contribution in [0, 0.1) is 13.8 Å². The third-order valence-electron chi connectivity index (χ3n) is 4.78. The Morgan fingerprint density at radius 1 is 0.808 bits per heavy atom. The molecule has 0 saturated carbocycles. The van der Waals surface area contributed by atoms with Crippen LogP contribution in [0.15, 0.2) is 60.7 Å². The number of aromatic carboxylic acids is 1. The number of rotatable bonds is 5. The molecule has 0 fully saturated rings. The van der Waals surface area contributed by atoms with Crippen LogP contribution < -0.4 is 0 Å². The van der Waals surface area contributed by atoms with E-state index in [1.54, 1.807) is 6.07 Å². The van der Waals surface area contributed by atoms with Crippen LogP contribution in [0.5, 0.6) is 5.75 Å². The van der Waals surface area contributed by atoms with E-state index in [9.17, 15) is 15.0 Å². The Labute approximate surface area is 153 Å². The second kappa shape index (κ2) is 7.44. The summed E-state index contributed by atoms with van der Waals surface area (Å²) in [6, 6.07) is 19.5. The van der Waals surface area contributed by atoms with E-state index in [0.717, 1.165) is 27.8 Å². The van der Waals surface area contributed by atoms with Gasteiger partial charge in [0.1, 0.15) is 11.3 Å². The first kappa shape index (κ1) is 17.7. The summed E-state index contributed by atoms with van der Waals surface area (Å²) in [7, 11) is 0. The van der Waals surface area contributed by atoms with E-state index in [4.69, 9.17) is 0 Å². The van der Waals surface area contributed by atoms with E-state index in [1.807, 2.05) is 68.4 Å². The molecule has 2 N–H and O–H groups in total. The van der Waals surface area contributed by atoms with Gasteiger partial charge < -0.3 is 10.2 Å². The van der Waals surface area contributed by atoms with Gasteiger partial charge >= 0.3 is 5.97 Å². The highest BCUT2D eigenvalue weighted by atomic mass is 16.4. The van der Waals surface area contributed by atoms with Crippen LogP contribution in [0.25, 0.3) is 0 Å². The second-order valence-corrected chi connectivity index (χ2v) is 6.66. The summed E-state index contributed by atoms with van der Waals surface area (Å²) in [6.45, 7) is 4.06. The normalized spacial score (nSPS) is 10.7. The predicted molar refractivity (Wildman–Crippen MR) is 103 cm³/mol. The molecule has 3 aromatic carbocycles. The molecular formula is C23H22O3. The molecule has 0 spiro atoms. The summed E-state index contributed by atoms with van der Waals surface area (Å²) < 4.78 is 0. The molecule has 0 aliphatic carbocycles. The standard InChI is InChI=1S/C23H22O3/c1-15-7-3-5-9-18(15)11-17-12-20(22(24)21(13-17)23(25)26)14-19-10-6-4-8-16(19)2/h3-10,12-13,24H,11,14H2,1-2H3,(H,25,26). The Balaban J connectivity index is 2.03. The molecule has 0 saturated heterocycles. The molecule has 0 bridgehead atoms. The lowest BCUT2D eigenvalue weighted by Crippen LogP contribution is -2.04. The molecular weight excluding hydrogens is 324 g/mol. The number of carbonyl (C=O) groups is 1. The highest BCUT2D eigenvalue weighted by molar-refractivity contribution is 5.91. The molecule has 26 heavy (non-hydrogen) atoms. The lowest BCUT2D eigenvalue weighted by atomic mass is 9.93. The Hall–Kier alpha value is -3.07. The molecule has 0 aliphatic heterocycles. The second-order valence-electron chi connectivity index (χ2n) is 6.66. The smallest absolute Gasteiger partial charge is 0.339 e. The molecule has 132 valence electrons. The van der Waals surface area contributed by atoms with Gasteiger partial charge in [0.05, 0.1) is 0 Å². The van der Waals surface area contributed by atoms with Gasteiger partial charge in [-0.25, -0.2) is 4.79 Å². The average Bonchev–Trinajstić information content (AvgIpc) is 2.61. The Kier molecular flexibility index (Phi) is 5.08. The van der Waals surface area contributed by atoms with Gasteiger partial charge in [-0.15, -0.1) is 0 Å². The first-order chi connectivity index (χ1) is 12.5. The van der Waals surface area contributed by atoms with Crippen LogP contribution in [-0.4, -0.2) is 16.2 Å². The van der Waals surface area contributed by atoms with E-state index in [2.05, 4.69) is 0 Å². The largest absolute Gasteiger partial charge is 0.507 e. The van der Waals surface area contributed by atoms with E-state index in [0.29, 0.717) is 18.4 Å². The van der Waals surface area contributed by atoms with Crippen LogP contribution >= 0.6 is 0 Å².